The van der Waals surface area contributed by atoms with E-state index in [-0.39, 0.29) is 53.5 Å². The Bertz CT molecular complexity index is 4940. The van der Waals surface area contributed by atoms with Crippen LogP contribution in [0.2, 0.25) is 40.9 Å². The molecule has 0 unspecified atom stereocenters. The van der Waals surface area contributed by atoms with E-state index in [1.165, 1.54) is 27.8 Å². The molecule has 6 aliphatic rings. The summed E-state index contributed by atoms with van der Waals surface area (Å²) >= 11 is 0. The molecule has 5 saturated heterocycles. The summed E-state index contributed by atoms with van der Waals surface area (Å²) in [7, 11) is -3.49. The highest BCUT2D eigenvalue weighted by atomic mass is 16.5. The number of rotatable bonds is 24. The van der Waals surface area contributed by atoms with Crippen molar-refractivity contribution in [1.82, 2.24) is 28.9 Å². The maximum atomic E-state index is 12.2. The summed E-state index contributed by atoms with van der Waals surface area (Å²) in [6, 6.07) is 101. The maximum Gasteiger partial charge on any atom is 0.376 e. The molecule has 0 aliphatic carbocycles. The molecule has 0 amide bonds. The van der Waals surface area contributed by atoms with Crippen molar-refractivity contribution < 1.29 is 106 Å². The highest BCUT2D eigenvalue weighted by Crippen LogP contribution is 2.39. The van der Waals surface area contributed by atoms with Gasteiger partial charge in [-0.3, -0.25) is 9.59 Å². The fourth-order valence-electron chi connectivity index (χ4n) is 19.1. The van der Waals surface area contributed by atoms with Crippen LogP contribution in [0.15, 0.2) is 309 Å². The van der Waals surface area contributed by atoms with E-state index in [9.17, 15) is 79.3 Å². The van der Waals surface area contributed by atoms with Gasteiger partial charge in [0.15, 0.2) is 0 Å². The van der Waals surface area contributed by atoms with E-state index in [4.69, 9.17) is 15.2 Å². The van der Waals surface area contributed by atoms with Crippen molar-refractivity contribution in [2.24, 2.45) is 35.3 Å². The molecule has 790 valence electrons. The number of carbonyl (C=O) groups excluding carboxylic acids is 5. The molecule has 10 aromatic carbocycles. The number of esters is 2. The number of hydrogen-bond acceptors (Lipinski definition) is 24. The van der Waals surface area contributed by atoms with Crippen molar-refractivity contribution >= 4 is 83.7 Å². The van der Waals surface area contributed by atoms with E-state index in [0.29, 0.717) is 95.8 Å². The Balaban J connectivity index is 0.000000226. The quantitative estimate of drug-likeness (QED) is 0.0198. The van der Waals surface area contributed by atoms with Gasteiger partial charge in [0.2, 0.25) is 0 Å². The number of carboxylic acids is 4. The first-order valence-corrected chi connectivity index (χ1v) is 52.0. The monoisotopic (exact) mass is 2020 g/mol. The highest BCUT2D eigenvalue weighted by Gasteiger charge is 2.42. The standard InChI is InChI=1S/C15H22BNO3.C15H20BNO3.4C13H18BNO3.4C8H11N/c2*1-3-20-15(18)14-11-17(16(2)19)10-9-13(14)12-7-5-4-6-8-12;4*1-14(18)15-8-7-11(12(9-15)13(16)17)10-5-3-2-4-6-10;4*1-7(9)8-5-3-2-4-6-8/h4-8,13-14,19H,3,9-11H2,1-2H3;4-8,19H,3,9-11H2,1-2H3;4*2-6,11-12,18H,7-9H2,1H3,(H,16,17);4*2-7H,9H2,1H3/t13-,14-;;4*11-,12-;4*7-/m0.11000000/s1. The Morgan fingerprint density at radius 2 is 0.554 bits per heavy atom. The number of ether oxygens (including phenoxy) is 2. The molecule has 0 bridgehead atoms. The van der Waals surface area contributed by atoms with Crippen LogP contribution in [0.25, 0.3) is 5.57 Å². The molecular formula is C114H158B6N10O18. The largest absolute Gasteiger partial charge is 0.550 e. The van der Waals surface area contributed by atoms with Crippen LogP contribution in [0, 0.1) is 29.6 Å². The van der Waals surface area contributed by atoms with Gasteiger partial charge in [-0.2, -0.15) is 0 Å². The lowest BCUT2D eigenvalue weighted by Gasteiger charge is -2.40. The smallest absolute Gasteiger partial charge is 0.376 e. The molecule has 28 nitrogen and oxygen atoms in total. The fraction of sp³-hybridized carbons (Fsp3) is 0.404. The van der Waals surface area contributed by atoms with Gasteiger partial charge >= 0.3 is 60.2 Å². The van der Waals surface area contributed by atoms with Crippen LogP contribution in [0.4, 0.5) is 0 Å². The zero-order valence-electron chi connectivity index (χ0n) is 88.6. The lowest BCUT2D eigenvalue weighted by molar-refractivity contribution is -0.420. The van der Waals surface area contributed by atoms with E-state index in [2.05, 4.69) is 86.5 Å². The van der Waals surface area contributed by atoms with Crippen molar-refractivity contribution in [2.45, 2.75) is 175 Å². The second-order valence-corrected chi connectivity index (χ2v) is 38.8. The van der Waals surface area contributed by atoms with Gasteiger partial charge in [-0.15, -0.1) is 0 Å². The van der Waals surface area contributed by atoms with Crippen molar-refractivity contribution in [3.05, 3.63) is 365 Å². The number of benzene rings is 10. The predicted octanol–water partition coefficient (Wildman–Crippen LogP) is 9.40. The molecule has 0 aromatic heterocycles. The highest BCUT2D eigenvalue weighted by molar-refractivity contribution is 6.47. The number of carboxylic acid groups (broad SMARTS) is 4. The van der Waals surface area contributed by atoms with Gasteiger partial charge in [-0.05, 0) is 254 Å². The minimum absolute atomic E-state index is 0.0220. The third-order valence-electron chi connectivity index (χ3n) is 27.8. The van der Waals surface area contributed by atoms with Gasteiger partial charge < -0.3 is 126 Å². The SMILES string of the molecule is CB(O)N1CC[C@@H](c2ccccc2)[C@@H](C(=O)O)C1.CB(O)N1CC[C@@H](c2ccccc2)[C@@H](C(=O)[O-])C1.CB(O)N1CC[C@H](c2ccccc2)[C@H](C(=O)[O-])C1.CB(O)N1CC[C@H](c2ccccc2)[C@H](C(=O)[O-])C1.CCOC(=O)C1=C(c2ccccc2)CCN(B(C)O)C1.CCOC(=O)[C@H]1CN(B(C)O)CC[C@H]1c1ccccc1.C[C@H](N)c1ccccc1.C[C@H]([NH3+])c1ccccc1.C[C@H]([NH3+])c1ccccc1.C[C@H]([NH3+])c1ccccc1. The fourth-order valence-corrected chi connectivity index (χ4v) is 19.1. The van der Waals surface area contributed by atoms with Gasteiger partial charge in [-0.1, -0.05) is 303 Å². The average molecular weight is 2020 g/mol. The molecule has 34 heteroatoms. The zero-order valence-corrected chi connectivity index (χ0v) is 88.6. The number of aliphatic carboxylic acids is 4. The molecule has 10 aromatic rings. The van der Waals surface area contributed by atoms with Crippen LogP contribution in [0.5, 0.6) is 0 Å². The molecule has 5 fully saturated rings. The summed E-state index contributed by atoms with van der Waals surface area (Å²) in [6.45, 7) is 29.6. The van der Waals surface area contributed by atoms with Crippen molar-refractivity contribution in [2.75, 3.05) is 91.8 Å². The molecule has 6 aliphatic heterocycles. The van der Waals surface area contributed by atoms with E-state index in [1.807, 2.05) is 283 Å². The summed E-state index contributed by atoms with van der Waals surface area (Å²) in [5.74, 6) is -6.51. The normalized spacial score (nSPS) is 20.6. The lowest BCUT2D eigenvalue weighted by Crippen LogP contribution is -2.51. The number of nitrogens with zero attached hydrogens (tertiary/aromatic N) is 6. The third-order valence-corrected chi connectivity index (χ3v) is 27.8. The van der Waals surface area contributed by atoms with Gasteiger partial charge in [0.1, 0.15) is 18.1 Å². The molecule has 0 spiro atoms. The molecule has 0 radical (unpaired) electrons. The van der Waals surface area contributed by atoms with Crippen LogP contribution in [0.1, 0.15) is 189 Å². The van der Waals surface area contributed by atoms with Crippen LogP contribution < -0.4 is 38.3 Å². The third kappa shape index (κ3) is 41.4. The Morgan fingerprint density at radius 3 is 0.770 bits per heavy atom. The molecule has 18 N–H and O–H groups in total. The molecule has 0 saturated carbocycles. The average Bonchev–Trinajstić information content (AvgIpc) is 0.816. The first-order valence-electron chi connectivity index (χ1n) is 52.0. The second-order valence-electron chi connectivity index (χ2n) is 38.8. The van der Waals surface area contributed by atoms with E-state index in [0.717, 1.165) is 91.5 Å². The molecule has 14 atom stereocenters. The van der Waals surface area contributed by atoms with Gasteiger partial charge in [0, 0.05) is 78.0 Å². The number of nitrogens with two attached hydrogens (primary N) is 1. The summed E-state index contributed by atoms with van der Waals surface area (Å²) in [5, 5.41) is 101. The second kappa shape index (κ2) is 66.2. The van der Waals surface area contributed by atoms with Gasteiger partial charge in [0.25, 0.3) is 0 Å². The number of carbonyl (C=O) groups is 6. The Morgan fingerprint density at radius 1 is 0.331 bits per heavy atom. The Hall–Kier alpha value is -11.5. The minimum Gasteiger partial charge on any atom is -0.550 e. The summed E-state index contributed by atoms with van der Waals surface area (Å²) in [5.41, 5.74) is 30.6. The van der Waals surface area contributed by atoms with Crippen LogP contribution >= 0.6 is 0 Å². The lowest BCUT2D eigenvalue weighted by atomic mass is 9.74. The summed E-state index contributed by atoms with van der Waals surface area (Å²) in [6.07, 6.45) is 4.56. The molecular weight excluding hydrogens is 1860 g/mol. The van der Waals surface area contributed by atoms with Crippen LogP contribution in [0.3, 0.4) is 0 Å². The zero-order chi connectivity index (χ0) is 108. The van der Waals surface area contributed by atoms with Crippen molar-refractivity contribution in [3.8, 4) is 0 Å². The molecule has 16 rings (SSSR count). The maximum absolute atomic E-state index is 12.2. The number of hydrogen-bond donors (Lipinski definition) is 11. The first kappa shape index (κ1) is 123. The van der Waals surface area contributed by atoms with Gasteiger partial charge in [0.05, 0.1) is 30.6 Å². The van der Waals surface area contributed by atoms with Gasteiger partial charge in [-0.25, -0.2) is 4.79 Å². The van der Waals surface area contributed by atoms with Crippen LogP contribution in [-0.4, -0.2) is 234 Å². The summed E-state index contributed by atoms with van der Waals surface area (Å²) < 4.78 is 10.4. The topological polar surface area (TPSA) is 460 Å². The van der Waals surface area contributed by atoms with Crippen LogP contribution in [-0.2, 0) is 38.2 Å². The molecule has 6 heterocycles. The van der Waals surface area contributed by atoms with Crippen molar-refractivity contribution in [3.63, 3.8) is 0 Å². The van der Waals surface area contributed by atoms with E-state index in [1.54, 1.807) is 62.3 Å². The number of quaternary nitrogens is 3. The first-order chi connectivity index (χ1) is 70.8. The number of piperidine rings is 5. The Kier molecular flexibility index (Phi) is 55.2. The minimum atomic E-state index is -1.03. The van der Waals surface area contributed by atoms with E-state index < -0.39 is 89.9 Å². The predicted molar refractivity (Wildman–Crippen MR) is 585 cm³/mol. The Labute approximate surface area is 879 Å². The molecule has 148 heavy (non-hydrogen) atoms. The summed E-state index contributed by atoms with van der Waals surface area (Å²) in [4.78, 5) is 80.6. The van der Waals surface area contributed by atoms with Crippen molar-refractivity contribution in [1.29, 1.82) is 0 Å². The van der Waals surface area contributed by atoms with E-state index >= 15 is 0 Å².